The smallest absolute Gasteiger partial charge is 0.229 e. The number of sulfone groups is 1. The van der Waals surface area contributed by atoms with Crippen LogP contribution in [0.15, 0.2) is 30.5 Å². The quantitative estimate of drug-likeness (QED) is 0.857. The molecule has 0 bridgehead atoms. The summed E-state index contributed by atoms with van der Waals surface area (Å²) in [6, 6.07) is 6.78. The van der Waals surface area contributed by atoms with Crippen LogP contribution >= 0.6 is 23.2 Å². The van der Waals surface area contributed by atoms with Gasteiger partial charge in [-0.05, 0) is 24.6 Å². The number of nitrogens with zero attached hydrogens (tertiary/aromatic N) is 2. The fourth-order valence-corrected chi connectivity index (χ4v) is 4.36. The molecule has 23 heavy (non-hydrogen) atoms. The van der Waals surface area contributed by atoms with Gasteiger partial charge in [0.2, 0.25) is 5.95 Å². The summed E-state index contributed by atoms with van der Waals surface area (Å²) in [5.74, 6) is 1.24. The van der Waals surface area contributed by atoms with Gasteiger partial charge in [-0.25, -0.2) is 13.4 Å². The van der Waals surface area contributed by atoms with Crippen LogP contribution < -0.4 is 10.6 Å². The third-order valence-corrected chi connectivity index (χ3v) is 6.02. The van der Waals surface area contributed by atoms with Gasteiger partial charge in [0.25, 0.3) is 0 Å². The van der Waals surface area contributed by atoms with Crippen molar-refractivity contribution < 1.29 is 8.42 Å². The Hall–Kier alpha value is -1.57. The van der Waals surface area contributed by atoms with E-state index in [1.165, 1.54) is 0 Å². The van der Waals surface area contributed by atoms with E-state index in [0.29, 0.717) is 33.9 Å². The van der Waals surface area contributed by atoms with Crippen LogP contribution in [0.4, 0.5) is 17.5 Å². The molecule has 3 rings (SSSR count). The highest BCUT2D eigenvalue weighted by atomic mass is 35.5. The molecule has 1 saturated heterocycles. The van der Waals surface area contributed by atoms with Crippen LogP contribution in [0, 0.1) is 0 Å². The zero-order chi connectivity index (χ0) is 16.4. The molecule has 0 saturated carbocycles. The van der Waals surface area contributed by atoms with Crippen molar-refractivity contribution in [1.29, 1.82) is 0 Å². The number of nitrogens with one attached hydrogen (secondary N) is 2. The summed E-state index contributed by atoms with van der Waals surface area (Å²) in [6.07, 6.45) is 2.16. The van der Waals surface area contributed by atoms with Crippen molar-refractivity contribution in [2.24, 2.45) is 0 Å². The third-order valence-electron chi connectivity index (χ3n) is 3.44. The van der Waals surface area contributed by atoms with Crippen LogP contribution in [-0.2, 0) is 9.84 Å². The van der Waals surface area contributed by atoms with Crippen molar-refractivity contribution in [3.63, 3.8) is 0 Å². The van der Waals surface area contributed by atoms with Gasteiger partial charge in [-0.15, -0.1) is 0 Å². The number of rotatable bonds is 4. The molecule has 1 aliphatic rings. The first-order chi connectivity index (χ1) is 10.9. The van der Waals surface area contributed by atoms with Gasteiger partial charge < -0.3 is 10.6 Å². The van der Waals surface area contributed by atoms with Gasteiger partial charge in [0.15, 0.2) is 9.84 Å². The van der Waals surface area contributed by atoms with Crippen LogP contribution in [0.3, 0.4) is 0 Å². The van der Waals surface area contributed by atoms with E-state index >= 15 is 0 Å². The molecule has 0 aliphatic carbocycles. The minimum atomic E-state index is -2.94. The molecule has 0 spiro atoms. The third kappa shape index (κ3) is 4.04. The predicted molar refractivity (Wildman–Crippen MR) is 92.5 cm³/mol. The van der Waals surface area contributed by atoms with E-state index in [0.717, 1.165) is 0 Å². The highest BCUT2D eigenvalue weighted by molar-refractivity contribution is 7.91. The van der Waals surface area contributed by atoms with Crippen molar-refractivity contribution in [3.05, 3.63) is 40.5 Å². The molecule has 2 aromatic rings. The van der Waals surface area contributed by atoms with E-state index < -0.39 is 9.84 Å². The first kappa shape index (κ1) is 16.3. The number of benzene rings is 1. The van der Waals surface area contributed by atoms with Crippen LogP contribution in [-0.4, -0.2) is 35.9 Å². The molecule has 6 nitrogen and oxygen atoms in total. The van der Waals surface area contributed by atoms with Crippen LogP contribution in [0.1, 0.15) is 6.42 Å². The van der Waals surface area contributed by atoms with Crippen LogP contribution in [0.2, 0.25) is 10.0 Å². The van der Waals surface area contributed by atoms with Crippen molar-refractivity contribution in [1.82, 2.24) is 9.97 Å². The molecule has 2 heterocycles. The molecule has 1 aliphatic heterocycles. The molecular formula is C14H14Cl2N4O2S. The Labute approximate surface area is 144 Å². The number of anilines is 3. The maximum atomic E-state index is 11.5. The van der Waals surface area contributed by atoms with E-state index in [2.05, 4.69) is 20.6 Å². The lowest BCUT2D eigenvalue weighted by Gasteiger charge is -2.13. The highest BCUT2D eigenvalue weighted by Gasteiger charge is 2.27. The molecule has 9 heteroatoms. The van der Waals surface area contributed by atoms with Crippen molar-refractivity contribution in [2.45, 2.75) is 12.5 Å². The molecule has 1 fully saturated rings. The van der Waals surface area contributed by atoms with Gasteiger partial charge in [0, 0.05) is 12.2 Å². The largest absolute Gasteiger partial charge is 0.366 e. The Morgan fingerprint density at radius 1 is 1.22 bits per heavy atom. The number of halogens is 2. The molecule has 1 aromatic heterocycles. The number of hydrogen-bond donors (Lipinski definition) is 2. The molecule has 0 amide bonds. The first-order valence-corrected chi connectivity index (χ1v) is 9.52. The minimum absolute atomic E-state index is 0.125. The summed E-state index contributed by atoms with van der Waals surface area (Å²) in [4.78, 5) is 8.45. The van der Waals surface area contributed by atoms with Gasteiger partial charge in [0.05, 0.1) is 27.2 Å². The molecule has 0 radical (unpaired) electrons. The number of aromatic nitrogens is 2. The first-order valence-electron chi connectivity index (χ1n) is 6.94. The molecule has 122 valence electrons. The summed E-state index contributed by atoms with van der Waals surface area (Å²) in [5, 5.41) is 6.94. The second-order valence-corrected chi connectivity index (χ2v) is 8.25. The van der Waals surface area contributed by atoms with E-state index in [1.807, 2.05) is 0 Å². The fourth-order valence-electron chi connectivity index (χ4n) is 2.34. The van der Waals surface area contributed by atoms with Crippen molar-refractivity contribution >= 4 is 50.5 Å². The average Bonchev–Trinajstić information content (AvgIpc) is 2.83. The molecule has 1 unspecified atom stereocenters. The lowest BCUT2D eigenvalue weighted by Crippen LogP contribution is -2.21. The Balaban J connectivity index is 1.74. The summed E-state index contributed by atoms with van der Waals surface area (Å²) < 4.78 is 23.0. The van der Waals surface area contributed by atoms with E-state index in [-0.39, 0.29) is 17.5 Å². The van der Waals surface area contributed by atoms with Gasteiger partial charge >= 0.3 is 0 Å². The van der Waals surface area contributed by atoms with Gasteiger partial charge in [-0.2, -0.15) is 4.98 Å². The normalized spacial score (nSPS) is 19.5. The van der Waals surface area contributed by atoms with Crippen LogP contribution in [0.25, 0.3) is 0 Å². The minimum Gasteiger partial charge on any atom is -0.366 e. The predicted octanol–water partition coefficient (Wildman–Crippen LogP) is 3.13. The Morgan fingerprint density at radius 3 is 2.78 bits per heavy atom. The van der Waals surface area contributed by atoms with E-state index in [9.17, 15) is 8.42 Å². The summed E-state index contributed by atoms with van der Waals surface area (Å²) >= 11 is 12.1. The summed E-state index contributed by atoms with van der Waals surface area (Å²) in [6.45, 7) is 0. The monoisotopic (exact) mass is 372 g/mol. The molecule has 2 N–H and O–H groups in total. The Bertz CT molecular complexity index is 829. The second-order valence-electron chi connectivity index (χ2n) is 5.24. The summed E-state index contributed by atoms with van der Waals surface area (Å²) in [5.41, 5.74) is 0.597. The topological polar surface area (TPSA) is 84.0 Å². The average molecular weight is 373 g/mol. The Kier molecular flexibility index (Phi) is 4.61. The zero-order valence-corrected chi connectivity index (χ0v) is 14.3. The number of hydrogen-bond acceptors (Lipinski definition) is 6. The standard InChI is InChI=1S/C14H14Cl2N4O2S/c15-10-2-1-3-11(13(10)16)19-14-17-6-4-12(20-14)18-9-5-7-23(21,22)8-9/h1-4,6,9H,5,7-8H2,(H2,17,18,19,20). The van der Waals surface area contributed by atoms with E-state index in [1.54, 1.807) is 30.5 Å². The maximum absolute atomic E-state index is 11.5. The second kappa shape index (κ2) is 6.51. The van der Waals surface area contributed by atoms with Crippen molar-refractivity contribution in [3.8, 4) is 0 Å². The van der Waals surface area contributed by atoms with Gasteiger partial charge in [0.1, 0.15) is 5.82 Å². The fraction of sp³-hybridized carbons (Fsp3) is 0.286. The summed E-state index contributed by atoms with van der Waals surface area (Å²) in [7, 11) is -2.94. The van der Waals surface area contributed by atoms with Crippen molar-refractivity contribution in [2.75, 3.05) is 22.1 Å². The van der Waals surface area contributed by atoms with Crippen LogP contribution in [0.5, 0.6) is 0 Å². The molecule has 1 aromatic carbocycles. The molecular weight excluding hydrogens is 359 g/mol. The SMILES string of the molecule is O=S1(=O)CCC(Nc2ccnc(Nc3cccc(Cl)c3Cl)n2)C1. The highest BCUT2D eigenvalue weighted by Crippen LogP contribution is 2.31. The van der Waals surface area contributed by atoms with Gasteiger partial charge in [-0.1, -0.05) is 29.3 Å². The Morgan fingerprint density at radius 2 is 2.04 bits per heavy atom. The lowest BCUT2D eigenvalue weighted by molar-refractivity contribution is 0.602. The maximum Gasteiger partial charge on any atom is 0.229 e. The lowest BCUT2D eigenvalue weighted by atomic mass is 10.2. The van der Waals surface area contributed by atoms with E-state index in [4.69, 9.17) is 23.2 Å². The zero-order valence-electron chi connectivity index (χ0n) is 12.0. The molecule has 1 atom stereocenters. The van der Waals surface area contributed by atoms with Gasteiger partial charge in [-0.3, -0.25) is 0 Å².